The molecule has 1 atom stereocenters. The van der Waals surface area contributed by atoms with Crippen LogP contribution in [0.3, 0.4) is 0 Å². The third-order valence-corrected chi connectivity index (χ3v) is 5.55. The minimum Gasteiger partial charge on any atom is -0.468 e. The molecule has 1 aliphatic heterocycles. The molecular weight excluding hydrogens is 356 g/mol. The lowest BCUT2D eigenvalue weighted by molar-refractivity contribution is 0.0118. The van der Waals surface area contributed by atoms with E-state index in [0.29, 0.717) is 31.4 Å². The first-order chi connectivity index (χ1) is 13.8. The van der Waals surface area contributed by atoms with E-state index >= 15 is 0 Å². The maximum absolute atomic E-state index is 13.0. The fraction of sp³-hybridized carbons (Fsp3) is 0.429. The van der Waals surface area contributed by atoms with Gasteiger partial charge in [0.2, 0.25) is 0 Å². The van der Waals surface area contributed by atoms with Crippen molar-refractivity contribution in [3.8, 4) is 0 Å². The van der Waals surface area contributed by atoms with E-state index in [0.717, 1.165) is 43.0 Å². The zero-order valence-corrected chi connectivity index (χ0v) is 15.7. The van der Waals surface area contributed by atoms with E-state index in [1.165, 1.54) is 0 Å². The van der Waals surface area contributed by atoms with Gasteiger partial charge in [0.25, 0.3) is 5.91 Å². The summed E-state index contributed by atoms with van der Waals surface area (Å²) in [6.45, 7) is 3.50. The number of hydrogen-bond acceptors (Lipinski definition) is 5. The Kier molecular flexibility index (Phi) is 4.62. The number of amides is 1. The van der Waals surface area contributed by atoms with Crippen molar-refractivity contribution in [2.75, 3.05) is 32.8 Å². The predicted octanol–water partition coefficient (Wildman–Crippen LogP) is 2.61. The predicted molar refractivity (Wildman–Crippen MR) is 103 cm³/mol. The number of nitrogens with one attached hydrogen (secondary N) is 1. The lowest BCUT2D eigenvalue weighted by Crippen LogP contribution is -2.43. The van der Waals surface area contributed by atoms with Gasteiger partial charge in [-0.2, -0.15) is 0 Å². The Hall–Kier alpha value is -2.64. The van der Waals surface area contributed by atoms with Gasteiger partial charge in [-0.15, -0.1) is 0 Å². The number of carbonyl (C=O) groups is 1. The van der Waals surface area contributed by atoms with Gasteiger partial charge in [0.15, 0.2) is 5.69 Å². The number of carbonyl (C=O) groups excluding carboxylic acids is 1. The van der Waals surface area contributed by atoms with E-state index in [2.05, 4.69) is 14.6 Å². The number of hydrogen-bond donors (Lipinski definition) is 1. The molecule has 2 fully saturated rings. The van der Waals surface area contributed by atoms with Crippen LogP contribution in [0.4, 0.5) is 0 Å². The Morgan fingerprint density at radius 3 is 2.82 bits per heavy atom. The summed E-state index contributed by atoms with van der Waals surface area (Å²) in [4.78, 5) is 20.0. The Morgan fingerprint density at radius 1 is 1.21 bits per heavy atom. The Labute approximate surface area is 163 Å². The number of ether oxygens (including phenoxy) is 1. The molecule has 0 spiro atoms. The van der Waals surface area contributed by atoms with Crippen LogP contribution in [0.2, 0.25) is 0 Å². The third kappa shape index (κ3) is 3.31. The smallest absolute Gasteiger partial charge is 0.272 e. The maximum atomic E-state index is 13.0. The van der Waals surface area contributed by atoms with Gasteiger partial charge < -0.3 is 18.9 Å². The lowest BCUT2D eigenvalue weighted by atomic mass is 10.1. The minimum atomic E-state index is -0.139. The van der Waals surface area contributed by atoms with Gasteiger partial charge >= 0.3 is 0 Å². The summed E-state index contributed by atoms with van der Waals surface area (Å²) < 4.78 is 13.2. The average molecular weight is 380 g/mol. The van der Waals surface area contributed by atoms with Crippen LogP contribution in [0, 0.1) is 0 Å². The number of imidazole rings is 1. The van der Waals surface area contributed by atoms with Gasteiger partial charge in [0.05, 0.1) is 31.0 Å². The van der Waals surface area contributed by atoms with Gasteiger partial charge in [0, 0.05) is 31.7 Å². The molecule has 0 bridgehead atoms. The monoisotopic (exact) mass is 380 g/mol. The molecule has 7 nitrogen and oxygen atoms in total. The molecule has 7 heteroatoms. The highest BCUT2D eigenvalue weighted by Gasteiger charge is 2.31. The Bertz CT molecular complexity index is 955. The van der Waals surface area contributed by atoms with Crippen molar-refractivity contribution in [3.63, 3.8) is 0 Å². The van der Waals surface area contributed by atoms with Crippen LogP contribution in [0.15, 0.2) is 47.2 Å². The molecule has 3 aromatic rings. The number of fused-ring (bicyclic) bond motifs is 1. The van der Waals surface area contributed by atoms with Crippen molar-refractivity contribution in [3.05, 3.63) is 60.1 Å². The standard InChI is InChI=1S/C21H24N4O3/c26-21(19-16-4-1-2-8-25(16)20(23-19)15-6-7-15)22-14-17(18-5-3-11-28-18)24-9-12-27-13-10-24/h1-5,8,11,15,17H,6-7,9-10,12-14H2,(H,22,26). The average Bonchev–Trinajstić information content (AvgIpc) is 3.29. The topological polar surface area (TPSA) is 72.0 Å². The number of pyridine rings is 1. The van der Waals surface area contributed by atoms with Crippen LogP contribution in [0.25, 0.3) is 5.52 Å². The van der Waals surface area contributed by atoms with Gasteiger partial charge in [-0.1, -0.05) is 6.07 Å². The second kappa shape index (κ2) is 7.41. The summed E-state index contributed by atoms with van der Waals surface area (Å²) in [5.74, 6) is 2.19. The van der Waals surface area contributed by atoms with Crippen LogP contribution in [-0.4, -0.2) is 53.0 Å². The van der Waals surface area contributed by atoms with Crippen molar-refractivity contribution in [1.29, 1.82) is 0 Å². The molecule has 146 valence electrons. The molecule has 3 aromatic heterocycles. The number of nitrogens with zero attached hydrogens (tertiary/aromatic N) is 3. The molecule has 2 aliphatic rings. The second-order valence-electron chi connectivity index (χ2n) is 7.44. The minimum absolute atomic E-state index is 0.0142. The van der Waals surface area contributed by atoms with Crippen molar-refractivity contribution in [2.24, 2.45) is 0 Å². The zero-order chi connectivity index (χ0) is 18.9. The highest BCUT2D eigenvalue weighted by molar-refractivity contribution is 5.99. The molecule has 0 radical (unpaired) electrons. The van der Waals surface area contributed by atoms with E-state index in [1.54, 1.807) is 6.26 Å². The first kappa shape index (κ1) is 17.5. The summed E-state index contributed by atoms with van der Waals surface area (Å²) in [6, 6.07) is 9.72. The Balaban J connectivity index is 1.36. The molecule has 1 aliphatic carbocycles. The lowest BCUT2D eigenvalue weighted by Gasteiger charge is -2.33. The first-order valence-electron chi connectivity index (χ1n) is 9.91. The summed E-state index contributed by atoms with van der Waals surface area (Å²) in [7, 11) is 0. The molecule has 28 heavy (non-hydrogen) atoms. The normalized spacial score (nSPS) is 19.0. The largest absolute Gasteiger partial charge is 0.468 e. The van der Waals surface area contributed by atoms with E-state index in [4.69, 9.17) is 14.1 Å². The summed E-state index contributed by atoms with van der Waals surface area (Å²) in [6.07, 6.45) is 5.96. The Morgan fingerprint density at radius 2 is 2.07 bits per heavy atom. The van der Waals surface area contributed by atoms with Crippen LogP contribution in [0.1, 0.15) is 46.9 Å². The number of aromatic nitrogens is 2. The van der Waals surface area contributed by atoms with Crippen molar-refractivity contribution >= 4 is 11.4 Å². The van der Waals surface area contributed by atoms with E-state index in [-0.39, 0.29) is 11.9 Å². The third-order valence-electron chi connectivity index (χ3n) is 5.55. The molecule has 1 unspecified atom stereocenters. The fourth-order valence-corrected chi connectivity index (χ4v) is 3.91. The van der Waals surface area contributed by atoms with Crippen molar-refractivity contribution < 1.29 is 13.9 Å². The molecular formula is C21H24N4O3. The summed E-state index contributed by atoms with van der Waals surface area (Å²) >= 11 is 0. The van der Waals surface area contributed by atoms with Gasteiger partial charge in [-0.25, -0.2) is 4.98 Å². The van der Waals surface area contributed by atoms with E-state index in [9.17, 15) is 4.79 Å². The highest BCUT2D eigenvalue weighted by Crippen LogP contribution is 2.40. The van der Waals surface area contributed by atoms with Crippen LogP contribution in [0.5, 0.6) is 0 Å². The van der Waals surface area contributed by atoms with Gasteiger partial charge in [-0.05, 0) is 37.1 Å². The van der Waals surface area contributed by atoms with Gasteiger partial charge in [0.1, 0.15) is 11.6 Å². The highest BCUT2D eigenvalue weighted by atomic mass is 16.5. The zero-order valence-electron chi connectivity index (χ0n) is 15.7. The molecule has 4 heterocycles. The fourth-order valence-electron chi connectivity index (χ4n) is 3.91. The molecule has 1 amide bonds. The van der Waals surface area contributed by atoms with Crippen LogP contribution in [-0.2, 0) is 4.74 Å². The molecule has 0 aromatic carbocycles. The molecule has 1 N–H and O–H groups in total. The van der Waals surface area contributed by atoms with Crippen molar-refractivity contribution in [2.45, 2.75) is 24.8 Å². The van der Waals surface area contributed by atoms with E-state index < -0.39 is 0 Å². The van der Waals surface area contributed by atoms with Crippen molar-refractivity contribution in [1.82, 2.24) is 19.6 Å². The molecule has 5 rings (SSSR count). The van der Waals surface area contributed by atoms with Crippen LogP contribution >= 0.6 is 0 Å². The number of morpholine rings is 1. The second-order valence-corrected chi connectivity index (χ2v) is 7.44. The number of rotatable bonds is 6. The van der Waals surface area contributed by atoms with Gasteiger partial charge in [-0.3, -0.25) is 9.69 Å². The van der Waals surface area contributed by atoms with E-state index in [1.807, 2.05) is 36.5 Å². The SMILES string of the molecule is O=C(NCC(c1ccco1)N1CCOCC1)c1nc(C2CC2)n2ccccc12. The quantitative estimate of drug-likeness (QED) is 0.712. The summed E-state index contributed by atoms with van der Waals surface area (Å²) in [5, 5.41) is 3.09. The van der Waals surface area contributed by atoms with Crippen LogP contribution < -0.4 is 5.32 Å². The number of furan rings is 1. The molecule has 1 saturated carbocycles. The first-order valence-corrected chi connectivity index (χ1v) is 9.91. The maximum Gasteiger partial charge on any atom is 0.272 e. The molecule has 1 saturated heterocycles. The summed E-state index contributed by atoms with van der Waals surface area (Å²) in [5.41, 5.74) is 1.37.